The van der Waals surface area contributed by atoms with Crippen LogP contribution in [0.3, 0.4) is 0 Å². The maximum absolute atomic E-state index is 9.43. The van der Waals surface area contributed by atoms with Crippen LogP contribution < -0.4 is 0 Å². The number of likely N-dealkylation sites (tertiary alicyclic amines) is 1. The van der Waals surface area contributed by atoms with Crippen molar-refractivity contribution in [2.75, 3.05) is 13.6 Å². The largest absolute Gasteiger partial charge is 0.299 e. The van der Waals surface area contributed by atoms with Gasteiger partial charge in [0.05, 0.1) is 17.0 Å². The third kappa shape index (κ3) is 1.55. The number of hydrogen-bond acceptors (Lipinski definition) is 3. The second-order valence-corrected chi connectivity index (χ2v) is 5.57. The number of nitrogens with zero attached hydrogens (tertiary/aromatic N) is 3. The Hall–Kier alpha value is -1.11. The van der Waals surface area contributed by atoms with E-state index in [2.05, 4.69) is 23.0 Å². The van der Waals surface area contributed by atoms with Crippen LogP contribution in [0.1, 0.15) is 24.3 Å². The molecule has 1 saturated carbocycles. The van der Waals surface area contributed by atoms with Crippen molar-refractivity contribution in [3.8, 4) is 6.07 Å². The highest BCUT2D eigenvalue weighted by Crippen LogP contribution is 2.56. The van der Waals surface area contributed by atoms with Crippen LogP contribution in [0, 0.1) is 17.2 Å². The highest BCUT2D eigenvalue weighted by Gasteiger charge is 2.60. The summed E-state index contributed by atoms with van der Waals surface area (Å²) in [5, 5.41) is 10.1. The lowest BCUT2D eigenvalue weighted by molar-refractivity contribution is 0.270. The van der Waals surface area contributed by atoms with Crippen molar-refractivity contribution in [1.82, 2.24) is 9.88 Å². The number of pyridine rings is 1. The zero-order chi connectivity index (χ0) is 12.0. The molecule has 3 rings (SSSR count). The molecular weight excluding hydrogens is 234 g/mol. The predicted molar refractivity (Wildman–Crippen MR) is 65.7 cm³/mol. The van der Waals surface area contributed by atoms with Crippen LogP contribution in [0.5, 0.6) is 0 Å². The fraction of sp³-hybridized carbons (Fsp3) is 0.538. The van der Waals surface area contributed by atoms with Gasteiger partial charge in [-0.05, 0) is 31.5 Å². The van der Waals surface area contributed by atoms with Crippen LogP contribution in [0.2, 0.25) is 5.02 Å². The van der Waals surface area contributed by atoms with E-state index in [1.165, 1.54) is 0 Å². The highest BCUT2D eigenvalue weighted by atomic mass is 35.5. The lowest BCUT2D eigenvalue weighted by atomic mass is 9.86. The maximum atomic E-state index is 9.43. The summed E-state index contributed by atoms with van der Waals surface area (Å²) < 4.78 is 0. The molecule has 0 bridgehead atoms. The van der Waals surface area contributed by atoms with Crippen LogP contribution in [0.25, 0.3) is 0 Å². The van der Waals surface area contributed by atoms with E-state index in [4.69, 9.17) is 11.6 Å². The summed E-state index contributed by atoms with van der Waals surface area (Å²) in [4.78, 5) is 6.47. The molecule has 1 aliphatic carbocycles. The fourth-order valence-electron chi connectivity index (χ4n) is 3.15. The fourth-order valence-corrected chi connectivity index (χ4v) is 3.34. The van der Waals surface area contributed by atoms with Crippen LogP contribution in [0.4, 0.5) is 0 Å². The zero-order valence-corrected chi connectivity index (χ0v) is 10.5. The molecule has 2 unspecified atom stereocenters. The quantitative estimate of drug-likeness (QED) is 0.765. The van der Waals surface area contributed by atoms with Gasteiger partial charge in [-0.2, -0.15) is 5.26 Å². The summed E-state index contributed by atoms with van der Waals surface area (Å²) in [6.07, 6.45) is 5.77. The van der Waals surface area contributed by atoms with E-state index in [9.17, 15) is 5.26 Å². The van der Waals surface area contributed by atoms with Gasteiger partial charge in [-0.15, -0.1) is 0 Å². The molecule has 88 valence electrons. The van der Waals surface area contributed by atoms with Gasteiger partial charge in [0.2, 0.25) is 0 Å². The van der Waals surface area contributed by atoms with E-state index in [1.807, 2.05) is 12.3 Å². The van der Waals surface area contributed by atoms with Gasteiger partial charge in [0.15, 0.2) is 0 Å². The van der Waals surface area contributed by atoms with Gasteiger partial charge in [0.25, 0.3) is 0 Å². The topological polar surface area (TPSA) is 39.9 Å². The Labute approximate surface area is 106 Å². The van der Waals surface area contributed by atoms with Gasteiger partial charge < -0.3 is 0 Å². The van der Waals surface area contributed by atoms with Gasteiger partial charge in [0, 0.05) is 30.4 Å². The first-order valence-electron chi connectivity index (χ1n) is 5.89. The Balaban J connectivity index is 1.97. The van der Waals surface area contributed by atoms with E-state index < -0.39 is 0 Å². The van der Waals surface area contributed by atoms with E-state index in [0.29, 0.717) is 5.02 Å². The van der Waals surface area contributed by atoms with Gasteiger partial charge in [-0.25, -0.2) is 0 Å². The summed E-state index contributed by atoms with van der Waals surface area (Å²) in [5.74, 6) is 0.325. The Bertz CT molecular complexity index is 490. The summed E-state index contributed by atoms with van der Waals surface area (Å²) in [6, 6.07) is 4.45. The average molecular weight is 248 g/mol. The zero-order valence-electron chi connectivity index (χ0n) is 9.73. The SMILES string of the molecule is CN1CC(c2cncc(Cl)c2)C(C#N)C12CC2. The molecule has 3 nitrogen and oxygen atoms in total. The second-order valence-electron chi connectivity index (χ2n) is 5.13. The van der Waals surface area contributed by atoms with E-state index in [1.54, 1.807) is 6.20 Å². The Kier molecular flexibility index (Phi) is 2.39. The predicted octanol–water partition coefficient (Wildman–Crippen LogP) is 2.44. The lowest BCUT2D eigenvalue weighted by Crippen LogP contribution is -2.30. The third-order valence-electron chi connectivity index (χ3n) is 4.27. The molecule has 2 fully saturated rings. The lowest BCUT2D eigenvalue weighted by Gasteiger charge is -2.20. The van der Waals surface area contributed by atoms with Crippen LogP contribution in [-0.2, 0) is 0 Å². The first kappa shape index (κ1) is 11.0. The van der Waals surface area contributed by atoms with Crippen molar-refractivity contribution >= 4 is 11.6 Å². The molecule has 1 aromatic heterocycles. The molecule has 0 radical (unpaired) electrons. The molecule has 2 atom stereocenters. The van der Waals surface area contributed by atoms with Crippen molar-refractivity contribution in [3.63, 3.8) is 0 Å². The third-order valence-corrected chi connectivity index (χ3v) is 4.47. The van der Waals surface area contributed by atoms with Crippen molar-refractivity contribution in [2.45, 2.75) is 24.3 Å². The Morgan fingerprint density at radius 2 is 2.29 bits per heavy atom. The van der Waals surface area contributed by atoms with Crippen molar-refractivity contribution in [3.05, 3.63) is 29.0 Å². The van der Waals surface area contributed by atoms with Crippen molar-refractivity contribution in [1.29, 1.82) is 5.26 Å². The summed E-state index contributed by atoms with van der Waals surface area (Å²) in [6.45, 7) is 0.931. The number of halogens is 1. The molecule has 0 amide bonds. The van der Waals surface area contributed by atoms with E-state index in [-0.39, 0.29) is 17.4 Å². The minimum absolute atomic E-state index is 0.0766. The monoisotopic (exact) mass is 247 g/mol. The summed E-state index contributed by atoms with van der Waals surface area (Å²) in [5.41, 5.74) is 1.24. The number of aromatic nitrogens is 1. The molecule has 1 spiro atoms. The molecule has 2 aliphatic rings. The molecule has 17 heavy (non-hydrogen) atoms. The highest BCUT2D eigenvalue weighted by molar-refractivity contribution is 6.30. The molecule has 1 saturated heterocycles. The van der Waals surface area contributed by atoms with Crippen molar-refractivity contribution in [2.24, 2.45) is 5.92 Å². The summed E-state index contributed by atoms with van der Waals surface area (Å²) in [7, 11) is 2.12. The minimum atomic E-state index is 0.0766. The van der Waals surface area contributed by atoms with E-state index in [0.717, 1.165) is 24.9 Å². The molecule has 0 N–H and O–H groups in total. The number of rotatable bonds is 1. The maximum Gasteiger partial charge on any atom is 0.0728 e. The Morgan fingerprint density at radius 1 is 1.53 bits per heavy atom. The summed E-state index contributed by atoms with van der Waals surface area (Å²) >= 11 is 5.98. The standard InChI is InChI=1S/C13H14ClN3/c1-17-8-11(9-4-10(14)7-16-6-9)12(5-15)13(17)2-3-13/h4,6-7,11-12H,2-3,8H2,1H3. The molecule has 4 heteroatoms. The second kappa shape index (κ2) is 3.69. The molecular formula is C13H14ClN3. The number of nitriles is 1. The van der Waals surface area contributed by atoms with Gasteiger partial charge in [0.1, 0.15) is 0 Å². The van der Waals surface area contributed by atoms with Gasteiger partial charge in [-0.3, -0.25) is 9.88 Å². The van der Waals surface area contributed by atoms with Crippen LogP contribution in [0.15, 0.2) is 18.5 Å². The molecule has 1 aromatic rings. The Morgan fingerprint density at radius 3 is 2.88 bits per heavy atom. The van der Waals surface area contributed by atoms with Crippen molar-refractivity contribution < 1.29 is 0 Å². The molecule has 0 aromatic carbocycles. The first-order chi connectivity index (χ1) is 8.17. The van der Waals surface area contributed by atoms with Gasteiger partial charge >= 0.3 is 0 Å². The first-order valence-corrected chi connectivity index (χ1v) is 6.26. The smallest absolute Gasteiger partial charge is 0.0728 e. The average Bonchev–Trinajstić information content (AvgIpc) is 3.04. The minimum Gasteiger partial charge on any atom is -0.299 e. The molecule has 1 aliphatic heterocycles. The number of hydrogen-bond donors (Lipinski definition) is 0. The number of likely N-dealkylation sites (N-methyl/N-ethyl adjacent to an activating group) is 1. The van der Waals surface area contributed by atoms with E-state index >= 15 is 0 Å². The van der Waals surface area contributed by atoms with Crippen LogP contribution >= 0.6 is 11.6 Å². The van der Waals surface area contributed by atoms with Crippen LogP contribution in [-0.4, -0.2) is 29.0 Å². The normalized spacial score (nSPS) is 30.4. The molecule has 2 heterocycles. The van der Waals surface area contributed by atoms with Gasteiger partial charge in [-0.1, -0.05) is 11.6 Å².